The lowest BCUT2D eigenvalue weighted by molar-refractivity contribution is 1.58. The second-order valence-corrected chi connectivity index (χ2v) is 1.63. The SMILES string of the molecule is C=N/C=C(Cl)\C=C/C. The standard InChI is InChI=1S/C6H8ClN/c1-3-4-6(7)5-8-2/h3-5H,2H2,1H3/b4-3-,6-5+. The van der Waals surface area contributed by atoms with E-state index in [2.05, 4.69) is 11.7 Å². The fourth-order valence-electron chi connectivity index (χ4n) is 0.289. The molecule has 44 valence electrons. The van der Waals surface area contributed by atoms with E-state index in [1.54, 1.807) is 6.08 Å². The Bertz CT molecular complexity index is 124. The van der Waals surface area contributed by atoms with E-state index in [9.17, 15) is 0 Å². The molecule has 1 nitrogen and oxygen atoms in total. The molecule has 0 spiro atoms. The molecule has 0 heterocycles. The van der Waals surface area contributed by atoms with Crippen LogP contribution in [0, 0.1) is 0 Å². The van der Waals surface area contributed by atoms with Crippen LogP contribution in [-0.4, -0.2) is 6.72 Å². The molecule has 0 aromatic heterocycles. The first-order chi connectivity index (χ1) is 3.81. The van der Waals surface area contributed by atoms with Gasteiger partial charge in [-0.1, -0.05) is 17.7 Å². The van der Waals surface area contributed by atoms with Gasteiger partial charge >= 0.3 is 0 Å². The summed E-state index contributed by atoms with van der Waals surface area (Å²) in [5, 5.41) is 0.600. The number of aliphatic imine (C=N–C) groups is 1. The van der Waals surface area contributed by atoms with Crippen LogP contribution in [0.4, 0.5) is 0 Å². The zero-order chi connectivity index (χ0) is 6.41. The maximum Gasteiger partial charge on any atom is 0.0585 e. The molecule has 0 unspecified atom stereocenters. The molecule has 0 aromatic carbocycles. The van der Waals surface area contributed by atoms with E-state index in [-0.39, 0.29) is 0 Å². The fraction of sp³-hybridized carbons (Fsp3) is 0.167. The number of hydrogen-bond donors (Lipinski definition) is 0. The van der Waals surface area contributed by atoms with Crippen LogP contribution in [0.5, 0.6) is 0 Å². The van der Waals surface area contributed by atoms with Gasteiger partial charge in [0, 0.05) is 6.20 Å². The highest BCUT2D eigenvalue weighted by molar-refractivity contribution is 6.31. The van der Waals surface area contributed by atoms with Crippen LogP contribution in [0.2, 0.25) is 0 Å². The second-order valence-electron chi connectivity index (χ2n) is 1.20. The van der Waals surface area contributed by atoms with E-state index in [4.69, 9.17) is 11.6 Å². The molecule has 0 N–H and O–H groups in total. The maximum atomic E-state index is 5.52. The van der Waals surface area contributed by atoms with Crippen molar-refractivity contribution in [2.24, 2.45) is 4.99 Å². The van der Waals surface area contributed by atoms with Gasteiger partial charge in [-0.3, -0.25) is 4.99 Å². The summed E-state index contributed by atoms with van der Waals surface area (Å²) in [4.78, 5) is 3.46. The van der Waals surface area contributed by atoms with Crippen molar-refractivity contribution in [3.8, 4) is 0 Å². The van der Waals surface area contributed by atoms with Gasteiger partial charge in [-0.25, -0.2) is 0 Å². The maximum absolute atomic E-state index is 5.52. The lowest BCUT2D eigenvalue weighted by Gasteiger charge is -1.79. The van der Waals surface area contributed by atoms with Crippen molar-refractivity contribution in [3.63, 3.8) is 0 Å². The molecule has 0 aromatic rings. The van der Waals surface area contributed by atoms with Gasteiger partial charge in [0.05, 0.1) is 5.03 Å². The Morgan fingerprint density at radius 1 is 1.75 bits per heavy atom. The second kappa shape index (κ2) is 4.60. The minimum Gasteiger partial charge on any atom is -0.271 e. The number of allylic oxidation sites excluding steroid dienone is 3. The van der Waals surface area contributed by atoms with Crippen LogP contribution in [0.3, 0.4) is 0 Å². The van der Waals surface area contributed by atoms with Crippen molar-refractivity contribution in [1.82, 2.24) is 0 Å². The van der Waals surface area contributed by atoms with Crippen molar-refractivity contribution in [1.29, 1.82) is 0 Å². The Morgan fingerprint density at radius 2 is 2.38 bits per heavy atom. The van der Waals surface area contributed by atoms with Crippen molar-refractivity contribution in [2.45, 2.75) is 6.92 Å². The molecule has 2 heteroatoms. The van der Waals surface area contributed by atoms with Crippen LogP contribution >= 0.6 is 11.6 Å². The largest absolute Gasteiger partial charge is 0.271 e. The van der Waals surface area contributed by atoms with Gasteiger partial charge in [-0.05, 0) is 19.7 Å². The fourth-order valence-corrected chi connectivity index (χ4v) is 0.484. The van der Waals surface area contributed by atoms with Crippen molar-refractivity contribution in [2.75, 3.05) is 0 Å². The first kappa shape index (κ1) is 7.44. The highest BCUT2D eigenvalue weighted by atomic mass is 35.5. The molecule has 0 aliphatic rings. The van der Waals surface area contributed by atoms with Gasteiger partial charge < -0.3 is 0 Å². The normalized spacial score (nSPS) is 12.5. The molecular formula is C6H8ClN. The van der Waals surface area contributed by atoms with Crippen LogP contribution in [0.1, 0.15) is 6.92 Å². The molecule has 8 heavy (non-hydrogen) atoms. The minimum atomic E-state index is 0.600. The quantitative estimate of drug-likeness (QED) is 0.401. The monoisotopic (exact) mass is 129 g/mol. The van der Waals surface area contributed by atoms with Crippen molar-refractivity contribution in [3.05, 3.63) is 23.4 Å². The third kappa shape index (κ3) is 3.62. The van der Waals surface area contributed by atoms with Crippen molar-refractivity contribution < 1.29 is 0 Å². The summed E-state index contributed by atoms with van der Waals surface area (Å²) in [5.74, 6) is 0. The van der Waals surface area contributed by atoms with Gasteiger partial charge in [-0.2, -0.15) is 0 Å². The first-order valence-electron chi connectivity index (χ1n) is 2.25. The van der Waals surface area contributed by atoms with E-state index in [0.717, 1.165) is 0 Å². The Morgan fingerprint density at radius 3 is 2.75 bits per heavy atom. The number of rotatable bonds is 2. The summed E-state index contributed by atoms with van der Waals surface area (Å²) in [6, 6.07) is 0. The van der Waals surface area contributed by atoms with Crippen LogP contribution < -0.4 is 0 Å². The third-order valence-electron chi connectivity index (χ3n) is 0.541. The molecule has 0 aliphatic heterocycles. The predicted molar refractivity (Wildman–Crippen MR) is 38.3 cm³/mol. The molecule has 0 radical (unpaired) electrons. The van der Waals surface area contributed by atoms with E-state index in [0.29, 0.717) is 5.03 Å². The summed E-state index contributed by atoms with van der Waals surface area (Å²) in [5.41, 5.74) is 0. The molecule has 0 bridgehead atoms. The minimum absolute atomic E-state index is 0.600. The van der Waals surface area contributed by atoms with Gasteiger partial charge in [0.1, 0.15) is 0 Å². The molecule has 0 fully saturated rings. The molecule has 0 amide bonds. The van der Waals surface area contributed by atoms with Crippen LogP contribution in [-0.2, 0) is 0 Å². The Kier molecular flexibility index (Phi) is 4.27. The van der Waals surface area contributed by atoms with Gasteiger partial charge in [0.2, 0.25) is 0 Å². The molecule has 0 atom stereocenters. The summed E-state index contributed by atoms with van der Waals surface area (Å²) in [7, 11) is 0. The zero-order valence-corrected chi connectivity index (χ0v) is 5.52. The van der Waals surface area contributed by atoms with E-state index in [1.165, 1.54) is 6.20 Å². The zero-order valence-electron chi connectivity index (χ0n) is 4.76. The number of halogens is 1. The summed E-state index contributed by atoms with van der Waals surface area (Å²) < 4.78 is 0. The van der Waals surface area contributed by atoms with Gasteiger partial charge in [0.15, 0.2) is 0 Å². The van der Waals surface area contributed by atoms with Gasteiger partial charge in [0.25, 0.3) is 0 Å². The highest BCUT2D eigenvalue weighted by Crippen LogP contribution is 2.01. The number of nitrogens with zero attached hydrogens (tertiary/aromatic N) is 1. The first-order valence-corrected chi connectivity index (χ1v) is 2.63. The lowest BCUT2D eigenvalue weighted by atomic mass is 10.5. The third-order valence-corrected chi connectivity index (χ3v) is 0.764. The molecular weight excluding hydrogens is 122 g/mol. The van der Waals surface area contributed by atoms with Crippen molar-refractivity contribution >= 4 is 18.3 Å². The topological polar surface area (TPSA) is 12.4 Å². The predicted octanol–water partition coefficient (Wildman–Crippen LogP) is 2.34. The Balaban J connectivity index is 3.79. The van der Waals surface area contributed by atoms with Crippen LogP contribution in [0.15, 0.2) is 28.4 Å². The van der Waals surface area contributed by atoms with Crippen LogP contribution in [0.25, 0.3) is 0 Å². The van der Waals surface area contributed by atoms with E-state index >= 15 is 0 Å². The smallest absolute Gasteiger partial charge is 0.0585 e. The molecule has 0 rings (SSSR count). The Labute approximate surface area is 54.4 Å². The number of hydrogen-bond acceptors (Lipinski definition) is 1. The highest BCUT2D eigenvalue weighted by Gasteiger charge is 1.76. The summed E-state index contributed by atoms with van der Waals surface area (Å²) in [6.45, 7) is 5.13. The van der Waals surface area contributed by atoms with E-state index in [1.807, 2.05) is 13.0 Å². The Hall–Kier alpha value is -0.560. The molecule has 0 saturated carbocycles. The molecule has 0 aliphatic carbocycles. The average Bonchev–Trinajstić information content (AvgIpc) is 1.68. The van der Waals surface area contributed by atoms with Gasteiger partial charge in [-0.15, -0.1) is 0 Å². The summed E-state index contributed by atoms with van der Waals surface area (Å²) in [6.07, 6.45) is 5.07. The van der Waals surface area contributed by atoms with E-state index < -0.39 is 0 Å². The lowest BCUT2D eigenvalue weighted by Crippen LogP contribution is -1.57. The average molecular weight is 130 g/mol. The summed E-state index contributed by atoms with van der Waals surface area (Å²) >= 11 is 5.52. The molecule has 0 saturated heterocycles.